The van der Waals surface area contributed by atoms with Crippen LogP contribution in [0.3, 0.4) is 0 Å². The van der Waals surface area contributed by atoms with Gasteiger partial charge in [0.05, 0.1) is 12.3 Å². The van der Waals surface area contributed by atoms with Crippen LogP contribution >= 0.6 is 0 Å². The van der Waals surface area contributed by atoms with Gasteiger partial charge in [-0.25, -0.2) is 9.98 Å². The maximum atomic E-state index is 7.11. The second-order valence-corrected chi connectivity index (χ2v) is 2.53. The summed E-state index contributed by atoms with van der Waals surface area (Å²) in [6, 6.07) is 0. The Morgan fingerprint density at radius 1 is 1.58 bits per heavy atom. The molecule has 2 rings (SSSR count). The third-order valence-electron chi connectivity index (χ3n) is 1.66. The zero-order valence-corrected chi connectivity index (χ0v) is 6.37. The van der Waals surface area contributed by atoms with Gasteiger partial charge in [-0.3, -0.25) is 5.41 Å². The molecule has 0 aromatic rings. The van der Waals surface area contributed by atoms with Crippen molar-refractivity contribution in [3.8, 4) is 0 Å². The van der Waals surface area contributed by atoms with Gasteiger partial charge >= 0.3 is 0 Å². The third kappa shape index (κ3) is 0.990. The van der Waals surface area contributed by atoms with Crippen LogP contribution in [0.4, 0.5) is 0 Å². The summed E-state index contributed by atoms with van der Waals surface area (Å²) in [5, 5.41) is 7.11. The van der Waals surface area contributed by atoms with E-state index in [2.05, 4.69) is 9.98 Å². The van der Waals surface area contributed by atoms with E-state index < -0.39 is 0 Å². The molecule has 5 heteroatoms. The van der Waals surface area contributed by atoms with Gasteiger partial charge in [0, 0.05) is 6.42 Å². The first-order valence-electron chi connectivity index (χ1n) is 3.60. The Bertz CT molecular complexity index is 326. The van der Waals surface area contributed by atoms with Gasteiger partial charge < -0.3 is 10.5 Å². The minimum atomic E-state index is -0.0993. The summed E-state index contributed by atoms with van der Waals surface area (Å²) >= 11 is 0. The summed E-state index contributed by atoms with van der Waals surface area (Å²) in [5.41, 5.74) is 6.80. The topological polar surface area (TPSA) is 83.8 Å². The van der Waals surface area contributed by atoms with E-state index in [1.54, 1.807) is 6.26 Å². The molecule has 0 saturated carbocycles. The highest BCUT2D eigenvalue weighted by Crippen LogP contribution is 2.16. The van der Waals surface area contributed by atoms with E-state index in [0.29, 0.717) is 18.1 Å². The van der Waals surface area contributed by atoms with Gasteiger partial charge in [0.2, 0.25) is 0 Å². The summed E-state index contributed by atoms with van der Waals surface area (Å²) in [6.07, 6.45) is 2.30. The van der Waals surface area contributed by atoms with Crippen molar-refractivity contribution in [2.75, 3.05) is 6.61 Å². The van der Waals surface area contributed by atoms with Gasteiger partial charge in [0.15, 0.2) is 11.7 Å². The van der Waals surface area contributed by atoms with Crippen LogP contribution in [0.25, 0.3) is 0 Å². The number of hydrogen-bond donors (Lipinski definition) is 2. The van der Waals surface area contributed by atoms with Crippen LogP contribution in [0.15, 0.2) is 21.9 Å². The molecule has 0 radical (unpaired) electrons. The van der Waals surface area contributed by atoms with Crippen LogP contribution in [0, 0.1) is 5.41 Å². The fourth-order valence-electron chi connectivity index (χ4n) is 1.08. The highest BCUT2D eigenvalue weighted by atomic mass is 16.5. The monoisotopic (exact) mass is 164 g/mol. The van der Waals surface area contributed by atoms with Crippen LogP contribution in [-0.2, 0) is 4.74 Å². The maximum absolute atomic E-state index is 7.11. The van der Waals surface area contributed by atoms with E-state index in [1.807, 2.05) is 0 Å². The second kappa shape index (κ2) is 2.44. The molecule has 62 valence electrons. The average Bonchev–Trinajstić information content (AvgIpc) is 2.46. The van der Waals surface area contributed by atoms with E-state index in [1.165, 1.54) is 0 Å². The molecule has 0 aromatic carbocycles. The van der Waals surface area contributed by atoms with E-state index in [9.17, 15) is 0 Å². The molecule has 0 aliphatic carbocycles. The van der Waals surface area contributed by atoms with E-state index in [0.717, 1.165) is 12.1 Å². The van der Waals surface area contributed by atoms with Gasteiger partial charge in [-0.2, -0.15) is 0 Å². The van der Waals surface area contributed by atoms with E-state index in [4.69, 9.17) is 15.9 Å². The lowest BCUT2D eigenvalue weighted by Gasteiger charge is -2.07. The predicted octanol–water partition coefficient (Wildman–Crippen LogP) is 0.0372. The summed E-state index contributed by atoms with van der Waals surface area (Å²) in [5.74, 6) is 0.194. The third-order valence-corrected chi connectivity index (χ3v) is 1.66. The number of allylic oxidation sites excluding steroid dienone is 1. The molecule has 0 bridgehead atoms. The van der Waals surface area contributed by atoms with Crippen LogP contribution in [-0.4, -0.2) is 24.0 Å². The molecule has 5 nitrogen and oxygen atoms in total. The van der Waals surface area contributed by atoms with Crippen molar-refractivity contribution in [2.24, 2.45) is 15.7 Å². The Hall–Kier alpha value is -1.65. The van der Waals surface area contributed by atoms with E-state index >= 15 is 0 Å². The molecule has 12 heavy (non-hydrogen) atoms. The molecule has 3 N–H and O–H groups in total. The van der Waals surface area contributed by atoms with Gasteiger partial charge in [-0.05, 0) is 0 Å². The minimum absolute atomic E-state index is 0.0993. The number of hydrogen-bond acceptors (Lipinski definition) is 4. The number of ether oxygens (including phenoxy) is 1. The lowest BCUT2D eigenvalue weighted by Crippen LogP contribution is -2.19. The molecule has 0 saturated heterocycles. The highest BCUT2D eigenvalue weighted by Gasteiger charge is 2.20. The molecule has 0 atom stereocenters. The van der Waals surface area contributed by atoms with Crippen LogP contribution < -0.4 is 5.73 Å². The smallest absolute Gasteiger partial charge is 0.195 e. The van der Waals surface area contributed by atoms with E-state index in [-0.39, 0.29) is 5.84 Å². The van der Waals surface area contributed by atoms with Gasteiger partial charge in [-0.15, -0.1) is 0 Å². The molecular formula is C7H8N4O. The molecule has 2 heterocycles. The molecule has 2 aliphatic heterocycles. The highest BCUT2D eigenvalue weighted by molar-refractivity contribution is 6.43. The van der Waals surface area contributed by atoms with Gasteiger partial charge in [-0.1, -0.05) is 0 Å². The van der Waals surface area contributed by atoms with Crippen LogP contribution in [0.1, 0.15) is 6.42 Å². The predicted molar refractivity (Wildman–Crippen MR) is 45.4 cm³/mol. The summed E-state index contributed by atoms with van der Waals surface area (Å²) in [6.45, 7) is 0.628. The number of aliphatic imine (C=N–C) groups is 2. The zero-order chi connectivity index (χ0) is 8.55. The molecule has 0 amide bonds. The summed E-state index contributed by atoms with van der Waals surface area (Å²) in [7, 11) is 0. The Morgan fingerprint density at radius 2 is 2.42 bits per heavy atom. The number of nitrogens with zero attached hydrogens (tertiary/aromatic N) is 2. The quantitative estimate of drug-likeness (QED) is 0.423. The van der Waals surface area contributed by atoms with Crippen LogP contribution in [0.2, 0.25) is 0 Å². The minimum Gasteiger partial charge on any atom is -0.498 e. The molecule has 0 unspecified atom stereocenters. The Kier molecular flexibility index (Phi) is 1.43. The Morgan fingerprint density at radius 3 is 3.08 bits per heavy atom. The zero-order valence-electron chi connectivity index (χ0n) is 6.37. The van der Waals surface area contributed by atoms with Gasteiger partial charge in [0.25, 0.3) is 0 Å². The Labute approximate surface area is 69.2 Å². The van der Waals surface area contributed by atoms with Gasteiger partial charge in [0.1, 0.15) is 12.0 Å². The summed E-state index contributed by atoms with van der Waals surface area (Å²) < 4.78 is 5.05. The molecular weight excluding hydrogens is 156 g/mol. The van der Waals surface area contributed by atoms with Crippen LogP contribution in [0.5, 0.6) is 0 Å². The molecule has 2 aliphatic rings. The number of rotatable bonds is 1. The molecule has 0 spiro atoms. The van der Waals surface area contributed by atoms with Crippen molar-refractivity contribution in [3.63, 3.8) is 0 Å². The number of nitrogens with one attached hydrogen (secondary N) is 1. The maximum Gasteiger partial charge on any atom is 0.195 e. The number of fused-ring (bicyclic) bond motifs is 1. The first-order valence-corrected chi connectivity index (χ1v) is 3.60. The first kappa shape index (κ1) is 7.02. The standard InChI is InChI=1S/C7H8N4O/c8-6(9)7-10-4-1-2-12-3-5(4)11-7/h3H,1-2H2,(H3,8,9). The fourth-order valence-corrected chi connectivity index (χ4v) is 1.08. The second-order valence-electron chi connectivity index (χ2n) is 2.53. The number of amidine groups is 2. The summed E-state index contributed by atoms with van der Waals surface area (Å²) in [4.78, 5) is 8.09. The SMILES string of the molecule is N=C(N)C1=NC2=COCCC2=N1. The van der Waals surface area contributed by atoms with Crippen molar-refractivity contribution in [3.05, 3.63) is 12.0 Å². The van der Waals surface area contributed by atoms with Crippen molar-refractivity contribution in [2.45, 2.75) is 6.42 Å². The lowest BCUT2D eigenvalue weighted by molar-refractivity contribution is 0.251. The van der Waals surface area contributed by atoms with Crippen molar-refractivity contribution in [1.29, 1.82) is 5.41 Å². The average molecular weight is 164 g/mol. The van der Waals surface area contributed by atoms with Crippen molar-refractivity contribution < 1.29 is 4.74 Å². The van der Waals surface area contributed by atoms with Crippen molar-refractivity contribution >= 4 is 17.4 Å². The Balaban J connectivity index is 2.35. The molecule has 0 fully saturated rings. The normalized spacial score (nSPS) is 20.2. The van der Waals surface area contributed by atoms with Crippen molar-refractivity contribution in [1.82, 2.24) is 0 Å². The molecule has 0 aromatic heterocycles. The number of nitrogens with two attached hydrogens (primary N) is 1. The first-order chi connectivity index (χ1) is 5.77. The fraction of sp³-hybridized carbons (Fsp3) is 0.286. The lowest BCUT2D eigenvalue weighted by atomic mass is 10.2. The largest absolute Gasteiger partial charge is 0.498 e.